The smallest absolute Gasteiger partial charge is 0.249 e. The van der Waals surface area contributed by atoms with Gasteiger partial charge in [-0.15, -0.1) is 0 Å². The SMILES string of the molecule is CC1NC(=O)CCN(c2ccccc2Cl)C1=O. The van der Waals surface area contributed by atoms with Crippen LogP contribution < -0.4 is 10.2 Å². The Balaban J connectivity index is 2.34. The Bertz CT molecular complexity index is 462. The zero-order valence-electron chi connectivity index (χ0n) is 9.44. The van der Waals surface area contributed by atoms with Crippen molar-refractivity contribution in [2.45, 2.75) is 19.4 Å². The van der Waals surface area contributed by atoms with Gasteiger partial charge in [-0.05, 0) is 19.1 Å². The van der Waals surface area contributed by atoms with Gasteiger partial charge in [0.15, 0.2) is 0 Å². The molecule has 1 aromatic carbocycles. The molecule has 2 rings (SSSR count). The van der Waals surface area contributed by atoms with E-state index in [-0.39, 0.29) is 11.8 Å². The standard InChI is InChI=1S/C12H13ClN2O2/c1-8-12(17)15(7-6-11(16)14-8)10-5-3-2-4-9(10)13/h2-5,8H,6-7H2,1H3,(H,14,16). The van der Waals surface area contributed by atoms with Crippen LogP contribution in [0, 0.1) is 0 Å². The van der Waals surface area contributed by atoms with Crippen molar-refractivity contribution in [1.82, 2.24) is 5.32 Å². The molecule has 5 heteroatoms. The lowest BCUT2D eigenvalue weighted by molar-refractivity contribution is -0.125. The van der Waals surface area contributed by atoms with Gasteiger partial charge in [0, 0.05) is 13.0 Å². The van der Waals surface area contributed by atoms with Crippen LogP contribution >= 0.6 is 11.6 Å². The van der Waals surface area contributed by atoms with E-state index in [2.05, 4.69) is 5.32 Å². The lowest BCUT2D eigenvalue weighted by atomic mass is 10.2. The van der Waals surface area contributed by atoms with Crippen molar-refractivity contribution in [3.05, 3.63) is 29.3 Å². The lowest BCUT2D eigenvalue weighted by Gasteiger charge is -2.23. The minimum atomic E-state index is -0.513. The molecule has 0 aliphatic carbocycles. The highest BCUT2D eigenvalue weighted by molar-refractivity contribution is 6.33. The van der Waals surface area contributed by atoms with Gasteiger partial charge in [-0.1, -0.05) is 23.7 Å². The number of hydrogen-bond acceptors (Lipinski definition) is 2. The number of carbonyl (C=O) groups excluding carboxylic acids is 2. The van der Waals surface area contributed by atoms with Crippen molar-refractivity contribution >= 4 is 29.1 Å². The molecule has 0 aromatic heterocycles. The second kappa shape index (κ2) is 4.75. The summed E-state index contributed by atoms with van der Waals surface area (Å²) >= 11 is 6.06. The molecule has 0 bridgehead atoms. The summed E-state index contributed by atoms with van der Waals surface area (Å²) in [5.41, 5.74) is 0.655. The number of halogens is 1. The third-order valence-electron chi connectivity index (χ3n) is 2.72. The van der Waals surface area contributed by atoms with Crippen LogP contribution in [0.4, 0.5) is 5.69 Å². The molecule has 1 aliphatic heterocycles. The molecular formula is C12H13ClN2O2. The summed E-state index contributed by atoms with van der Waals surface area (Å²) in [6.45, 7) is 2.04. The highest BCUT2D eigenvalue weighted by Crippen LogP contribution is 2.26. The predicted octanol–water partition coefficient (Wildman–Crippen LogP) is 1.58. The first kappa shape index (κ1) is 11.9. The van der Waals surface area contributed by atoms with Gasteiger partial charge in [-0.25, -0.2) is 0 Å². The average Bonchev–Trinajstić information content (AvgIpc) is 2.41. The molecule has 1 aromatic rings. The van der Waals surface area contributed by atoms with Crippen LogP contribution in [0.5, 0.6) is 0 Å². The predicted molar refractivity (Wildman–Crippen MR) is 66.0 cm³/mol. The molecule has 0 radical (unpaired) electrons. The van der Waals surface area contributed by atoms with Crippen LogP contribution in [0.3, 0.4) is 0 Å². The molecule has 17 heavy (non-hydrogen) atoms. The van der Waals surface area contributed by atoms with Crippen LogP contribution in [-0.4, -0.2) is 24.4 Å². The van der Waals surface area contributed by atoms with Gasteiger partial charge in [0.05, 0.1) is 10.7 Å². The quantitative estimate of drug-likeness (QED) is 0.825. The number of carbonyl (C=O) groups is 2. The number of anilines is 1. The van der Waals surface area contributed by atoms with Gasteiger partial charge in [-0.2, -0.15) is 0 Å². The van der Waals surface area contributed by atoms with Crippen molar-refractivity contribution < 1.29 is 9.59 Å². The highest BCUT2D eigenvalue weighted by atomic mass is 35.5. The van der Waals surface area contributed by atoms with E-state index < -0.39 is 6.04 Å². The Hall–Kier alpha value is -1.55. The summed E-state index contributed by atoms with van der Waals surface area (Å²) < 4.78 is 0. The van der Waals surface area contributed by atoms with E-state index in [9.17, 15) is 9.59 Å². The Morgan fingerprint density at radius 1 is 1.35 bits per heavy atom. The molecule has 1 N–H and O–H groups in total. The summed E-state index contributed by atoms with van der Waals surface area (Å²) in [5.74, 6) is -0.246. The Morgan fingerprint density at radius 3 is 2.76 bits per heavy atom. The Kier molecular flexibility index (Phi) is 3.33. The minimum Gasteiger partial charge on any atom is -0.345 e. The van der Waals surface area contributed by atoms with Gasteiger partial charge in [-0.3, -0.25) is 9.59 Å². The number of para-hydroxylation sites is 1. The zero-order valence-corrected chi connectivity index (χ0v) is 10.2. The van der Waals surface area contributed by atoms with Crippen molar-refractivity contribution in [3.63, 3.8) is 0 Å². The van der Waals surface area contributed by atoms with Crippen molar-refractivity contribution in [2.24, 2.45) is 0 Å². The number of nitrogens with zero attached hydrogens (tertiary/aromatic N) is 1. The van der Waals surface area contributed by atoms with Gasteiger partial charge in [0.25, 0.3) is 0 Å². The van der Waals surface area contributed by atoms with Crippen molar-refractivity contribution in [2.75, 3.05) is 11.4 Å². The van der Waals surface area contributed by atoms with E-state index in [0.717, 1.165) is 0 Å². The highest BCUT2D eigenvalue weighted by Gasteiger charge is 2.28. The molecular weight excluding hydrogens is 240 g/mol. The summed E-state index contributed by atoms with van der Waals surface area (Å²) in [7, 11) is 0. The molecule has 1 unspecified atom stereocenters. The molecule has 1 saturated heterocycles. The molecule has 0 spiro atoms. The van der Waals surface area contributed by atoms with E-state index in [1.54, 1.807) is 30.0 Å². The zero-order chi connectivity index (χ0) is 12.4. The molecule has 1 heterocycles. The van der Waals surface area contributed by atoms with Crippen molar-refractivity contribution in [3.8, 4) is 0 Å². The first-order valence-electron chi connectivity index (χ1n) is 5.45. The summed E-state index contributed by atoms with van der Waals surface area (Å²) in [6, 6.07) is 6.62. The summed E-state index contributed by atoms with van der Waals surface area (Å²) in [6.07, 6.45) is 0.293. The number of rotatable bonds is 1. The fourth-order valence-corrected chi connectivity index (χ4v) is 2.08. The van der Waals surface area contributed by atoms with E-state index in [1.807, 2.05) is 6.07 Å². The number of hydrogen-bond donors (Lipinski definition) is 1. The van der Waals surface area contributed by atoms with Gasteiger partial charge in [0.1, 0.15) is 6.04 Å². The van der Waals surface area contributed by atoms with Gasteiger partial charge < -0.3 is 10.2 Å². The number of nitrogens with one attached hydrogen (secondary N) is 1. The Labute approximate surface area is 105 Å². The molecule has 1 atom stereocenters. The van der Waals surface area contributed by atoms with E-state index in [0.29, 0.717) is 23.7 Å². The van der Waals surface area contributed by atoms with Crippen LogP contribution in [0.25, 0.3) is 0 Å². The maximum absolute atomic E-state index is 12.1. The normalized spacial score (nSPS) is 21.1. The van der Waals surface area contributed by atoms with E-state index in [1.165, 1.54) is 0 Å². The third kappa shape index (κ3) is 2.42. The van der Waals surface area contributed by atoms with Crippen LogP contribution in [0.15, 0.2) is 24.3 Å². The maximum Gasteiger partial charge on any atom is 0.249 e. The topological polar surface area (TPSA) is 49.4 Å². The maximum atomic E-state index is 12.1. The molecule has 4 nitrogen and oxygen atoms in total. The van der Waals surface area contributed by atoms with Crippen LogP contribution in [0.2, 0.25) is 5.02 Å². The lowest BCUT2D eigenvalue weighted by Crippen LogP contribution is -2.42. The first-order chi connectivity index (χ1) is 8.09. The molecule has 2 amide bonds. The van der Waals surface area contributed by atoms with Gasteiger partial charge in [0.2, 0.25) is 11.8 Å². The second-order valence-electron chi connectivity index (χ2n) is 3.98. The first-order valence-corrected chi connectivity index (χ1v) is 5.82. The fraction of sp³-hybridized carbons (Fsp3) is 0.333. The molecule has 1 aliphatic rings. The van der Waals surface area contributed by atoms with E-state index >= 15 is 0 Å². The fourth-order valence-electron chi connectivity index (χ4n) is 1.84. The monoisotopic (exact) mass is 252 g/mol. The average molecular weight is 253 g/mol. The summed E-state index contributed by atoms with van der Waals surface area (Å²) in [4.78, 5) is 25.0. The third-order valence-corrected chi connectivity index (χ3v) is 3.04. The summed E-state index contributed by atoms with van der Waals surface area (Å²) in [5, 5.41) is 3.15. The minimum absolute atomic E-state index is 0.111. The second-order valence-corrected chi connectivity index (χ2v) is 4.39. The number of amides is 2. The van der Waals surface area contributed by atoms with Crippen LogP contribution in [-0.2, 0) is 9.59 Å². The number of benzene rings is 1. The van der Waals surface area contributed by atoms with Crippen molar-refractivity contribution in [1.29, 1.82) is 0 Å². The van der Waals surface area contributed by atoms with Gasteiger partial charge >= 0.3 is 0 Å². The Morgan fingerprint density at radius 2 is 2.06 bits per heavy atom. The van der Waals surface area contributed by atoms with E-state index in [4.69, 9.17) is 11.6 Å². The molecule has 0 saturated carbocycles. The molecule has 1 fully saturated rings. The largest absolute Gasteiger partial charge is 0.345 e. The molecule has 90 valence electrons. The van der Waals surface area contributed by atoms with Crippen LogP contribution in [0.1, 0.15) is 13.3 Å².